The van der Waals surface area contributed by atoms with Gasteiger partial charge in [-0.3, -0.25) is 9.48 Å². The van der Waals surface area contributed by atoms with Gasteiger partial charge in [-0.25, -0.2) is 0 Å². The van der Waals surface area contributed by atoms with E-state index >= 15 is 0 Å². The van der Waals surface area contributed by atoms with Crippen LogP contribution in [0.2, 0.25) is 0 Å². The summed E-state index contributed by atoms with van der Waals surface area (Å²) in [6.07, 6.45) is -3.33. The molecule has 0 radical (unpaired) electrons. The lowest BCUT2D eigenvalue weighted by atomic mass is 10.1. The summed E-state index contributed by atoms with van der Waals surface area (Å²) >= 11 is 0. The van der Waals surface area contributed by atoms with Crippen molar-refractivity contribution >= 4 is 5.91 Å². The molecular formula is C16H18F3N3O2. The molecule has 0 bridgehead atoms. The Morgan fingerprint density at radius 2 is 1.96 bits per heavy atom. The van der Waals surface area contributed by atoms with Gasteiger partial charge in [0.1, 0.15) is 6.54 Å². The van der Waals surface area contributed by atoms with Crippen molar-refractivity contribution in [2.45, 2.75) is 25.7 Å². The number of carbonyl (C=O) groups excluding carboxylic acids is 1. The molecular weight excluding hydrogens is 323 g/mol. The number of aliphatic hydroxyl groups is 1. The van der Waals surface area contributed by atoms with Crippen LogP contribution in [0.4, 0.5) is 13.2 Å². The van der Waals surface area contributed by atoms with Gasteiger partial charge in [0, 0.05) is 13.2 Å². The predicted octanol–water partition coefficient (Wildman–Crippen LogP) is 2.56. The zero-order valence-corrected chi connectivity index (χ0v) is 13.3. The molecule has 1 aromatic carbocycles. The number of aromatic nitrogens is 2. The molecule has 0 aliphatic rings. The van der Waals surface area contributed by atoms with Crippen LogP contribution >= 0.6 is 0 Å². The number of hydrogen-bond acceptors (Lipinski definition) is 3. The third kappa shape index (κ3) is 4.14. The number of hydrogen-bond donors (Lipinski definition) is 1. The maximum atomic E-state index is 12.6. The molecule has 1 heterocycles. The Balaban J connectivity index is 2.24. The number of halogens is 3. The Kier molecular flexibility index (Phi) is 5.28. The normalized spacial score (nSPS) is 12.9. The molecule has 8 heteroatoms. The zero-order chi connectivity index (χ0) is 17.9. The van der Waals surface area contributed by atoms with Gasteiger partial charge < -0.3 is 10.0 Å². The SMILES string of the molecule is Cc1nn(CC(F)(F)F)cc1C(=O)N(C)C(CO)c1ccccc1. The Morgan fingerprint density at radius 3 is 2.50 bits per heavy atom. The average Bonchev–Trinajstić information content (AvgIpc) is 2.86. The van der Waals surface area contributed by atoms with E-state index in [1.807, 2.05) is 6.07 Å². The third-order valence-corrected chi connectivity index (χ3v) is 3.66. The first kappa shape index (κ1) is 18.0. The Hall–Kier alpha value is -2.35. The minimum atomic E-state index is -4.41. The van der Waals surface area contributed by atoms with Crippen molar-refractivity contribution in [1.82, 2.24) is 14.7 Å². The van der Waals surface area contributed by atoms with Crippen molar-refractivity contribution in [1.29, 1.82) is 0 Å². The first-order valence-corrected chi connectivity index (χ1v) is 7.26. The number of nitrogens with zero attached hydrogens (tertiary/aromatic N) is 3. The molecule has 0 aliphatic carbocycles. The summed E-state index contributed by atoms with van der Waals surface area (Å²) in [4.78, 5) is 13.9. The van der Waals surface area contributed by atoms with Gasteiger partial charge in [-0.15, -0.1) is 0 Å². The summed E-state index contributed by atoms with van der Waals surface area (Å²) < 4.78 is 38.1. The van der Waals surface area contributed by atoms with E-state index in [1.165, 1.54) is 18.9 Å². The fourth-order valence-electron chi connectivity index (χ4n) is 2.45. The van der Waals surface area contributed by atoms with Gasteiger partial charge >= 0.3 is 6.18 Å². The Labute approximate surface area is 137 Å². The molecule has 1 atom stereocenters. The molecule has 130 valence electrons. The number of amides is 1. The number of aliphatic hydroxyl groups excluding tert-OH is 1. The van der Waals surface area contributed by atoms with Crippen molar-refractivity contribution in [3.63, 3.8) is 0 Å². The van der Waals surface area contributed by atoms with Crippen molar-refractivity contribution in [3.05, 3.63) is 53.3 Å². The molecule has 1 amide bonds. The minimum absolute atomic E-state index is 0.0798. The Morgan fingerprint density at radius 1 is 1.33 bits per heavy atom. The van der Waals surface area contributed by atoms with Crippen LogP contribution < -0.4 is 0 Å². The van der Waals surface area contributed by atoms with E-state index in [9.17, 15) is 23.1 Å². The zero-order valence-electron chi connectivity index (χ0n) is 13.3. The maximum absolute atomic E-state index is 12.6. The van der Waals surface area contributed by atoms with Crippen LogP contribution in [0.3, 0.4) is 0 Å². The molecule has 1 N–H and O–H groups in total. The quantitative estimate of drug-likeness (QED) is 0.909. The van der Waals surface area contributed by atoms with Gasteiger partial charge in [0.25, 0.3) is 5.91 Å². The van der Waals surface area contributed by atoms with Crippen LogP contribution in [-0.2, 0) is 6.54 Å². The van der Waals surface area contributed by atoms with E-state index in [2.05, 4.69) is 5.10 Å². The van der Waals surface area contributed by atoms with Crippen molar-refractivity contribution in [3.8, 4) is 0 Å². The number of rotatable bonds is 5. The molecule has 2 aromatic rings. The van der Waals surface area contributed by atoms with Gasteiger partial charge in [-0.2, -0.15) is 18.3 Å². The molecule has 0 spiro atoms. The monoisotopic (exact) mass is 341 g/mol. The van der Waals surface area contributed by atoms with E-state index < -0.39 is 24.7 Å². The van der Waals surface area contributed by atoms with Crippen LogP contribution in [0.15, 0.2) is 36.5 Å². The van der Waals surface area contributed by atoms with E-state index in [-0.39, 0.29) is 17.9 Å². The van der Waals surface area contributed by atoms with Crippen molar-refractivity contribution in [2.75, 3.05) is 13.7 Å². The summed E-state index contributed by atoms with van der Waals surface area (Å²) in [5.74, 6) is -0.496. The largest absolute Gasteiger partial charge is 0.408 e. The van der Waals surface area contributed by atoms with Gasteiger partial charge in [-0.05, 0) is 12.5 Å². The van der Waals surface area contributed by atoms with Crippen LogP contribution in [0.5, 0.6) is 0 Å². The van der Waals surface area contributed by atoms with Crippen LogP contribution in [-0.4, -0.2) is 45.5 Å². The van der Waals surface area contributed by atoms with Gasteiger partial charge in [0.15, 0.2) is 0 Å². The van der Waals surface area contributed by atoms with E-state index in [0.717, 1.165) is 11.8 Å². The smallest absolute Gasteiger partial charge is 0.394 e. The molecule has 0 fully saturated rings. The summed E-state index contributed by atoms with van der Waals surface area (Å²) in [7, 11) is 1.50. The van der Waals surface area contributed by atoms with E-state index in [4.69, 9.17) is 0 Å². The molecule has 0 saturated heterocycles. The molecule has 1 aromatic heterocycles. The highest BCUT2D eigenvalue weighted by Gasteiger charge is 2.30. The lowest BCUT2D eigenvalue weighted by molar-refractivity contribution is -0.142. The number of likely N-dealkylation sites (N-methyl/N-ethyl adjacent to an activating group) is 1. The number of alkyl halides is 3. The third-order valence-electron chi connectivity index (χ3n) is 3.66. The molecule has 0 aliphatic heterocycles. The fraction of sp³-hybridized carbons (Fsp3) is 0.375. The lowest BCUT2D eigenvalue weighted by Crippen LogP contribution is -2.33. The van der Waals surface area contributed by atoms with E-state index in [1.54, 1.807) is 24.3 Å². The lowest BCUT2D eigenvalue weighted by Gasteiger charge is -2.27. The highest BCUT2D eigenvalue weighted by Crippen LogP contribution is 2.23. The molecule has 1 unspecified atom stereocenters. The number of carbonyl (C=O) groups is 1. The Bertz CT molecular complexity index is 698. The van der Waals surface area contributed by atoms with Crippen LogP contribution in [0, 0.1) is 6.92 Å². The first-order chi connectivity index (χ1) is 11.2. The fourth-order valence-corrected chi connectivity index (χ4v) is 2.45. The van der Waals surface area contributed by atoms with Crippen molar-refractivity contribution in [2.24, 2.45) is 0 Å². The second kappa shape index (κ2) is 7.04. The molecule has 2 rings (SSSR count). The summed E-state index contributed by atoms with van der Waals surface area (Å²) in [5, 5.41) is 13.4. The van der Waals surface area contributed by atoms with Gasteiger partial charge in [-0.1, -0.05) is 30.3 Å². The molecule has 24 heavy (non-hydrogen) atoms. The van der Waals surface area contributed by atoms with Crippen LogP contribution in [0.1, 0.15) is 27.7 Å². The minimum Gasteiger partial charge on any atom is -0.394 e. The standard InChI is InChI=1S/C16H18F3N3O2/c1-11-13(8-22(20-11)10-16(17,18)19)15(24)21(2)14(9-23)12-6-4-3-5-7-12/h3-8,14,23H,9-10H2,1-2H3. The predicted molar refractivity (Wildman–Crippen MR) is 81.4 cm³/mol. The first-order valence-electron chi connectivity index (χ1n) is 7.26. The summed E-state index contributed by atoms with van der Waals surface area (Å²) in [6, 6.07) is 8.32. The highest BCUT2D eigenvalue weighted by molar-refractivity contribution is 5.95. The molecule has 5 nitrogen and oxygen atoms in total. The summed E-state index contributed by atoms with van der Waals surface area (Å²) in [6.45, 7) is -0.0840. The number of aryl methyl sites for hydroxylation is 1. The van der Waals surface area contributed by atoms with Crippen LogP contribution in [0.25, 0.3) is 0 Å². The van der Waals surface area contributed by atoms with Gasteiger partial charge in [0.05, 0.1) is 23.9 Å². The highest BCUT2D eigenvalue weighted by atomic mass is 19.4. The second-order valence-corrected chi connectivity index (χ2v) is 5.47. The summed E-state index contributed by atoms with van der Waals surface area (Å²) in [5.41, 5.74) is 1.02. The average molecular weight is 341 g/mol. The van der Waals surface area contributed by atoms with Gasteiger partial charge in [0.2, 0.25) is 0 Å². The molecule has 0 saturated carbocycles. The van der Waals surface area contributed by atoms with Crippen molar-refractivity contribution < 1.29 is 23.1 Å². The maximum Gasteiger partial charge on any atom is 0.408 e. The topological polar surface area (TPSA) is 58.4 Å². The van der Waals surface area contributed by atoms with E-state index in [0.29, 0.717) is 4.68 Å². The second-order valence-electron chi connectivity index (χ2n) is 5.47. The number of benzene rings is 1.